The molecule has 0 bridgehead atoms. The summed E-state index contributed by atoms with van der Waals surface area (Å²) in [4.78, 5) is 55.6. The van der Waals surface area contributed by atoms with Gasteiger partial charge in [-0.2, -0.15) is 0 Å². The van der Waals surface area contributed by atoms with Crippen molar-refractivity contribution in [1.82, 2.24) is 5.32 Å². The summed E-state index contributed by atoms with van der Waals surface area (Å²) in [7, 11) is 3.02. The number of thiophene rings is 1. The molecule has 2 atom stereocenters. The van der Waals surface area contributed by atoms with E-state index in [2.05, 4.69) is 22.9 Å². The number of benzene rings is 3. The van der Waals surface area contributed by atoms with E-state index in [9.17, 15) is 19.2 Å². The molecule has 10 nitrogen and oxygen atoms in total. The van der Waals surface area contributed by atoms with Crippen LogP contribution in [0.5, 0.6) is 11.5 Å². The van der Waals surface area contributed by atoms with Crippen LogP contribution in [-0.4, -0.2) is 49.8 Å². The smallest absolute Gasteiger partial charge is 0.341 e. The number of fused-ring (bicyclic) bond motifs is 1. The molecule has 12 heteroatoms. The Kier molecular flexibility index (Phi) is 13.2. The zero-order valence-corrected chi connectivity index (χ0v) is 31.5. The molecule has 3 amide bonds. The minimum atomic E-state index is -0.566. The summed E-state index contributed by atoms with van der Waals surface area (Å²) in [5.74, 6) is -0.283. The van der Waals surface area contributed by atoms with Crippen LogP contribution in [0.15, 0.2) is 83.4 Å². The number of ether oxygens (including phenoxy) is 3. The van der Waals surface area contributed by atoms with Crippen LogP contribution in [0.25, 0.3) is 6.08 Å². The van der Waals surface area contributed by atoms with Gasteiger partial charge in [-0.3, -0.25) is 14.4 Å². The molecule has 5 rings (SSSR count). The lowest BCUT2D eigenvalue weighted by molar-refractivity contribution is -0.116. The third-order valence-electron chi connectivity index (χ3n) is 8.52. The Bertz CT molecular complexity index is 1960. The zero-order chi connectivity index (χ0) is 37.2. The van der Waals surface area contributed by atoms with Crippen LogP contribution in [0.1, 0.15) is 70.3 Å². The van der Waals surface area contributed by atoms with Crippen molar-refractivity contribution in [3.63, 3.8) is 0 Å². The number of para-hydroxylation sites is 1. The molecule has 0 saturated carbocycles. The first kappa shape index (κ1) is 38.2. The molecule has 1 heterocycles. The Morgan fingerprint density at radius 3 is 2.44 bits per heavy atom. The lowest BCUT2D eigenvalue weighted by Crippen LogP contribution is -2.30. The van der Waals surface area contributed by atoms with Gasteiger partial charge in [-0.15, -0.1) is 23.1 Å². The third kappa shape index (κ3) is 9.23. The van der Waals surface area contributed by atoms with Crippen molar-refractivity contribution in [3.8, 4) is 11.5 Å². The van der Waals surface area contributed by atoms with Gasteiger partial charge >= 0.3 is 5.97 Å². The standard InChI is InChI=1S/C40H43N3O7S2/c1-6-32(38(46)43-39-34(40(47)50-7-2)29-20-19-24(3)21-33(29)52-39)51-28-17-12-16-27(23-28)41-37(45)30(42-36(44)25-13-9-8-10-14-25)22-26-15-11-18-31(48-4)35(26)49-5/h8-18,22-24,32H,6-7,19-21H2,1-5H3,(H,41,45)(H,42,44)(H,43,46)/b30-22+. The van der Waals surface area contributed by atoms with Crippen molar-refractivity contribution in [1.29, 1.82) is 0 Å². The quantitative estimate of drug-likeness (QED) is 0.0674. The SMILES string of the molecule is CCOC(=O)c1c(NC(=O)C(CC)Sc2cccc(NC(=O)/C(=C\c3cccc(OC)c3OC)NC(=O)c3ccccc3)c2)sc2c1CCC(C)C2. The number of methoxy groups -OCH3 is 2. The molecule has 0 fully saturated rings. The van der Waals surface area contributed by atoms with Crippen LogP contribution < -0.4 is 25.4 Å². The molecule has 2 unspecified atom stereocenters. The summed E-state index contributed by atoms with van der Waals surface area (Å²) < 4.78 is 16.4. The molecule has 3 N–H and O–H groups in total. The van der Waals surface area contributed by atoms with Gasteiger partial charge in [0.1, 0.15) is 10.7 Å². The lowest BCUT2D eigenvalue weighted by atomic mass is 9.88. The molecule has 272 valence electrons. The van der Waals surface area contributed by atoms with Gasteiger partial charge in [-0.05, 0) is 86.6 Å². The molecular weight excluding hydrogens is 699 g/mol. The van der Waals surface area contributed by atoms with Crippen molar-refractivity contribution in [3.05, 3.63) is 106 Å². The van der Waals surface area contributed by atoms with Gasteiger partial charge in [0, 0.05) is 26.6 Å². The van der Waals surface area contributed by atoms with Gasteiger partial charge in [-0.1, -0.05) is 50.2 Å². The van der Waals surface area contributed by atoms with Crippen LogP contribution in [0.3, 0.4) is 0 Å². The number of anilines is 2. The molecule has 0 aliphatic heterocycles. The fourth-order valence-corrected chi connectivity index (χ4v) is 8.32. The van der Waals surface area contributed by atoms with E-state index in [0.29, 0.717) is 51.2 Å². The highest BCUT2D eigenvalue weighted by molar-refractivity contribution is 8.00. The van der Waals surface area contributed by atoms with Crippen molar-refractivity contribution in [2.24, 2.45) is 5.92 Å². The number of nitrogens with one attached hydrogen (secondary N) is 3. The summed E-state index contributed by atoms with van der Waals surface area (Å²) in [6.07, 6.45) is 4.68. The number of esters is 1. The lowest BCUT2D eigenvalue weighted by Gasteiger charge is -2.18. The molecule has 52 heavy (non-hydrogen) atoms. The number of amides is 3. The van der Waals surface area contributed by atoms with E-state index in [0.717, 1.165) is 34.6 Å². The van der Waals surface area contributed by atoms with Gasteiger partial charge in [0.2, 0.25) is 5.91 Å². The van der Waals surface area contributed by atoms with Gasteiger partial charge in [0.05, 0.1) is 31.6 Å². The molecule has 1 aliphatic carbocycles. The van der Waals surface area contributed by atoms with Gasteiger partial charge in [-0.25, -0.2) is 4.79 Å². The number of thioether (sulfide) groups is 1. The summed E-state index contributed by atoms with van der Waals surface area (Å²) in [5, 5.41) is 8.74. The Labute approximate surface area is 312 Å². The van der Waals surface area contributed by atoms with Crippen LogP contribution >= 0.6 is 23.1 Å². The molecular formula is C40H43N3O7S2. The molecule has 4 aromatic rings. The van der Waals surface area contributed by atoms with E-state index in [1.54, 1.807) is 73.7 Å². The maximum Gasteiger partial charge on any atom is 0.341 e. The zero-order valence-electron chi connectivity index (χ0n) is 29.9. The van der Waals surface area contributed by atoms with Gasteiger partial charge in [0.25, 0.3) is 11.8 Å². The van der Waals surface area contributed by atoms with Crippen LogP contribution in [0, 0.1) is 5.92 Å². The summed E-state index contributed by atoms with van der Waals surface area (Å²) in [6.45, 7) is 6.14. The van der Waals surface area contributed by atoms with E-state index < -0.39 is 23.0 Å². The average Bonchev–Trinajstić information content (AvgIpc) is 3.50. The van der Waals surface area contributed by atoms with Crippen LogP contribution in [-0.2, 0) is 27.2 Å². The predicted octanol–water partition coefficient (Wildman–Crippen LogP) is 7.99. The van der Waals surface area contributed by atoms with Crippen LogP contribution in [0.4, 0.5) is 10.7 Å². The number of carbonyl (C=O) groups is 4. The second-order valence-electron chi connectivity index (χ2n) is 12.2. The normalized spacial score (nSPS) is 14.4. The topological polar surface area (TPSA) is 132 Å². The van der Waals surface area contributed by atoms with Crippen molar-refractivity contribution in [2.45, 2.75) is 56.6 Å². The first-order valence-electron chi connectivity index (χ1n) is 17.1. The van der Waals surface area contributed by atoms with E-state index in [-0.39, 0.29) is 18.2 Å². The Hall–Kier alpha value is -5.07. The maximum atomic E-state index is 13.8. The number of hydrogen-bond donors (Lipinski definition) is 3. The minimum Gasteiger partial charge on any atom is -0.493 e. The van der Waals surface area contributed by atoms with E-state index in [4.69, 9.17) is 14.2 Å². The second-order valence-corrected chi connectivity index (χ2v) is 14.6. The Morgan fingerprint density at radius 2 is 1.73 bits per heavy atom. The van der Waals surface area contributed by atoms with Crippen LogP contribution in [0.2, 0.25) is 0 Å². The molecule has 0 radical (unpaired) electrons. The van der Waals surface area contributed by atoms with Crippen molar-refractivity contribution < 1.29 is 33.4 Å². The minimum absolute atomic E-state index is 0.0188. The van der Waals surface area contributed by atoms with Crippen molar-refractivity contribution in [2.75, 3.05) is 31.5 Å². The van der Waals surface area contributed by atoms with Crippen molar-refractivity contribution >= 4 is 63.6 Å². The van der Waals surface area contributed by atoms with E-state index in [1.165, 1.54) is 43.4 Å². The molecule has 1 aromatic heterocycles. The number of rotatable bonds is 14. The fraction of sp³-hybridized carbons (Fsp3) is 0.300. The van der Waals surface area contributed by atoms with E-state index >= 15 is 0 Å². The molecule has 1 aliphatic rings. The maximum absolute atomic E-state index is 13.8. The molecule has 3 aromatic carbocycles. The highest BCUT2D eigenvalue weighted by Crippen LogP contribution is 2.41. The average molecular weight is 742 g/mol. The first-order chi connectivity index (χ1) is 25.1. The monoisotopic (exact) mass is 741 g/mol. The largest absolute Gasteiger partial charge is 0.493 e. The fourth-order valence-electron chi connectivity index (χ4n) is 5.91. The van der Waals surface area contributed by atoms with E-state index in [1.807, 2.05) is 13.0 Å². The Balaban J connectivity index is 1.35. The first-order valence-corrected chi connectivity index (χ1v) is 18.8. The molecule has 0 spiro atoms. The molecule has 0 saturated heterocycles. The summed E-state index contributed by atoms with van der Waals surface area (Å²) >= 11 is 2.82. The predicted molar refractivity (Wildman–Crippen MR) is 207 cm³/mol. The summed E-state index contributed by atoms with van der Waals surface area (Å²) in [6, 6.07) is 21.0. The van der Waals surface area contributed by atoms with Gasteiger partial charge < -0.3 is 30.2 Å². The van der Waals surface area contributed by atoms with Gasteiger partial charge in [0.15, 0.2) is 11.5 Å². The second kappa shape index (κ2) is 17.9. The Morgan fingerprint density at radius 1 is 0.962 bits per heavy atom. The highest BCUT2D eigenvalue weighted by atomic mass is 32.2. The third-order valence-corrected chi connectivity index (χ3v) is 11.1. The number of hydrogen-bond acceptors (Lipinski definition) is 9. The summed E-state index contributed by atoms with van der Waals surface area (Å²) in [5.41, 5.74) is 2.81. The number of carbonyl (C=O) groups excluding carboxylic acids is 4. The highest BCUT2D eigenvalue weighted by Gasteiger charge is 2.30.